The molecule has 6 nitrogen and oxygen atoms in total. The van der Waals surface area contributed by atoms with Crippen LogP contribution in [0.5, 0.6) is 0 Å². The first-order valence-corrected chi connectivity index (χ1v) is 10.8. The zero-order chi connectivity index (χ0) is 20.0. The molecule has 0 bridgehead atoms. The minimum Gasteiger partial charge on any atom is -0.347 e. The second-order valence-electron chi connectivity index (χ2n) is 5.81. The molecule has 0 atom stereocenters. The highest BCUT2D eigenvalue weighted by molar-refractivity contribution is 9.10. The van der Waals surface area contributed by atoms with Crippen molar-refractivity contribution in [3.8, 4) is 0 Å². The maximum absolute atomic E-state index is 12.2. The van der Waals surface area contributed by atoms with Crippen molar-refractivity contribution >= 4 is 54.9 Å². The Labute approximate surface area is 171 Å². The van der Waals surface area contributed by atoms with Crippen LogP contribution in [0.3, 0.4) is 0 Å². The predicted octanol–water partition coefficient (Wildman–Crippen LogP) is 3.33. The molecule has 0 saturated heterocycles. The number of anilines is 1. The zero-order valence-corrected chi connectivity index (χ0v) is 17.6. The van der Waals surface area contributed by atoms with Crippen LogP contribution in [-0.4, -0.2) is 32.5 Å². The van der Waals surface area contributed by atoms with Crippen LogP contribution in [0.1, 0.15) is 12.0 Å². The number of carbonyl (C=O) groups is 2. The molecule has 9 heteroatoms. The highest BCUT2D eigenvalue weighted by Gasteiger charge is 2.17. The van der Waals surface area contributed by atoms with Crippen LogP contribution >= 0.6 is 27.5 Å². The molecule has 0 fully saturated rings. The van der Waals surface area contributed by atoms with E-state index in [4.69, 9.17) is 11.6 Å². The predicted molar refractivity (Wildman–Crippen MR) is 109 cm³/mol. The van der Waals surface area contributed by atoms with Gasteiger partial charge in [-0.2, -0.15) is 0 Å². The highest BCUT2D eigenvalue weighted by Crippen LogP contribution is 2.20. The minimum absolute atomic E-state index is 0.100. The fourth-order valence-electron chi connectivity index (χ4n) is 2.22. The van der Waals surface area contributed by atoms with Gasteiger partial charge in [-0.15, -0.1) is 0 Å². The molecule has 0 aliphatic heterocycles. The number of nitrogens with one attached hydrogen (secondary N) is 2. The number of carbonyl (C=O) groups excluding carboxylic acids is 2. The number of rotatable bonds is 7. The topological polar surface area (TPSA) is 92.3 Å². The molecule has 2 aromatic carbocycles. The molecule has 2 N–H and O–H groups in total. The Morgan fingerprint density at radius 3 is 2.37 bits per heavy atom. The maximum Gasteiger partial charge on any atom is 0.243 e. The van der Waals surface area contributed by atoms with E-state index in [0.29, 0.717) is 10.7 Å². The number of hydrogen-bond donors (Lipinski definition) is 2. The summed E-state index contributed by atoms with van der Waals surface area (Å²) in [6.07, 6.45) is -0.241. The standard InChI is InChI=1S/C18H18BrClN2O4S/c1-12-10-13(19)2-7-16(12)22-18(24)11-21-17(23)8-9-27(25,26)15-5-3-14(20)4-6-15/h2-7,10H,8-9,11H2,1H3,(H,21,23)(H,22,24). The van der Waals surface area contributed by atoms with Crippen LogP contribution in [0.2, 0.25) is 5.02 Å². The molecule has 2 aromatic rings. The normalized spacial score (nSPS) is 11.1. The van der Waals surface area contributed by atoms with Crippen LogP contribution in [0, 0.1) is 6.92 Å². The molecule has 0 spiro atoms. The van der Waals surface area contributed by atoms with E-state index in [9.17, 15) is 18.0 Å². The first kappa shape index (κ1) is 21.4. The van der Waals surface area contributed by atoms with E-state index in [1.165, 1.54) is 24.3 Å². The summed E-state index contributed by atoms with van der Waals surface area (Å²) < 4.78 is 25.3. The zero-order valence-electron chi connectivity index (χ0n) is 14.5. The van der Waals surface area contributed by atoms with Gasteiger partial charge in [0.15, 0.2) is 9.84 Å². The second-order valence-corrected chi connectivity index (χ2v) is 9.27. The minimum atomic E-state index is -3.59. The Balaban J connectivity index is 1.81. The third kappa shape index (κ3) is 6.64. The van der Waals surface area contributed by atoms with Crippen molar-refractivity contribution < 1.29 is 18.0 Å². The molecule has 0 aromatic heterocycles. The van der Waals surface area contributed by atoms with Gasteiger partial charge in [0.25, 0.3) is 0 Å². The maximum atomic E-state index is 12.2. The molecule has 0 aliphatic carbocycles. The number of aryl methyl sites for hydroxylation is 1. The highest BCUT2D eigenvalue weighted by atomic mass is 79.9. The molecule has 0 saturated carbocycles. The van der Waals surface area contributed by atoms with Gasteiger partial charge in [-0.1, -0.05) is 27.5 Å². The molecular weight excluding hydrogens is 456 g/mol. The second kappa shape index (κ2) is 9.34. The number of amides is 2. The van der Waals surface area contributed by atoms with Gasteiger partial charge in [0.05, 0.1) is 17.2 Å². The molecule has 0 aliphatic rings. The molecule has 2 rings (SSSR count). The van der Waals surface area contributed by atoms with Crippen LogP contribution in [0.4, 0.5) is 5.69 Å². The first-order chi connectivity index (χ1) is 12.7. The summed E-state index contributed by atoms with van der Waals surface area (Å²) in [4.78, 5) is 23.9. The van der Waals surface area contributed by atoms with Crippen LogP contribution < -0.4 is 10.6 Å². The van der Waals surface area contributed by atoms with E-state index < -0.39 is 21.7 Å². The Kier molecular flexibility index (Phi) is 7.41. The Hall–Kier alpha value is -1.90. The molecule has 0 unspecified atom stereocenters. The lowest BCUT2D eigenvalue weighted by atomic mass is 10.2. The van der Waals surface area contributed by atoms with E-state index in [2.05, 4.69) is 26.6 Å². The molecule has 0 radical (unpaired) electrons. The summed E-state index contributed by atoms with van der Waals surface area (Å²) in [6.45, 7) is 1.61. The number of benzene rings is 2. The first-order valence-electron chi connectivity index (χ1n) is 7.98. The lowest BCUT2D eigenvalue weighted by molar-refractivity contribution is -0.123. The van der Waals surface area contributed by atoms with Gasteiger partial charge in [0.1, 0.15) is 0 Å². The summed E-state index contributed by atoms with van der Waals surface area (Å²) in [5.74, 6) is -1.27. The molecular formula is C18H18BrClN2O4S. The molecule has 144 valence electrons. The Morgan fingerprint density at radius 2 is 1.74 bits per heavy atom. The van der Waals surface area contributed by atoms with Gasteiger partial charge >= 0.3 is 0 Å². The van der Waals surface area contributed by atoms with Crippen molar-refractivity contribution in [1.29, 1.82) is 0 Å². The SMILES string of the molecule is Cc1cc(Br)ccc1NC(=O)CNC(=O)CCS(=O)(=O)c1ccc(Cl)cc1. The summed E-state index contributed by atoms with van der Waals surface area (Å²) in [5.41, 5.74) is 1.51. The van der Waals surface area contributed by atoms with Crippen LogP contribution in [0.25, 0.3) is 0 Å². The van der Waals surface area contributed by atoms with Gasteiger partial charge in [-0.05, 0) is 55.0 Å². The van der Waals surface area contributed by atoms with E-state index in [1.54, 1.807) is 12.1 Å². The summed E-state index contributed by atoms with van der Waals surface area (Å²) in [5, 5.41) is 5.54. The van der Waals surface area contributed by atoms with E-state index in [0.717, 1.165) is 10.0 Å². The van der Waals surface area contributed by atoms with Gasteiger partial charge in [-0.3, -0.25) is 9.59 Å². The number of sulfone groups is 1. The average molecular weight is 474 g/mol. The summed E-state index contributed by atoms with van der Waals surface area (Å²) in [6, 6.07) is 11.1. The summed E-state index contributed by atoms with van der Waals surface area (Å²) in [7, 11) is -3.59. The van der Waals surface area contributed by atoms with Crippen molar-refractivity contribution in [1.82, 2.24) is 5.32 Å². The van der Waals surface area contributed by atoms with Crippen molar-refractivity contribution in [3.63, 3.8) is 0 Å². The average Bonchev–Trinajstić information content (AvgIpc) is 2.61. The van der Waals surface area contributed by atoms with Crippen molar-refractivity contribution in [2.75, 3.05) is 17.6 Å². The van der Waals surface area contributed by atoms with E-state index >= 15 is 0 Å². The number of hydrogen-bond acceptors (Lipinski definition) is 4. The molecule has 2 amide bonds. The largest absolute Gasteiger partial charge is 0.347 e. The lowest BCUT2D eigenvalue weighted by Gasteiger charge is -2.10. The van der Waals surface area contributed by atoms with E-state index in [-0.39, 0.29) is 23.6 Å². The molecule has 27 heavy (non-hydrogen) atoms. The van der Waals surface area contributed by atoms with Gasteiger partial charge in [0, 0.05) is 21.6 Å². The van der Waals surface area contributed by atoms with Crippen LogP contribution in [-0.2, 0) is 19.4 Å². The third-order valence-corrected chi connectivity index (χ3v) is 6.16. The monoisotopic (exact) mass is 472 g/mol. The van der Waals surface area contributed by atoms with Crippen molar-refractivity contribution in [3.05, 3.63) is 57.5 Å². The Morgan fingerprint density at radius 1 is 1.07 bits per heavy atom. The fraction of sp³-hybridized carbons (Fsp3) is 0.222. The van der Waals surface area contributed by atoms with Crippen molar-refractivity contribution in [2.45, 2.75) is 18.2 Å². The van der Waals surface area contributed by atoms with Crippen LogP contribution in [0.15, 0.2) is 51.8 Å². The summed E-state index contributed by atoms with van der Waals surface area (Å²) >= 11 is 9.08. The quantitative estimate of drug-likeness (QED) is 0.645. The third-order valence-electron chi connectivity index (χ3n) is 3.68. The fourth-order valence-corrected chi connectivity index (χ4v) is 4.06. The molecule has 0 heterocycles. The lowest BCUT2D eigenvalue weighted by Crippen LogP contribution is -2.33. The Bertz CT molecular complexity index is 946. The smallest absolute Gasteiger partial charge is 0.243 e. The van der Waals surface area contributed by atoms with Gasteiger partial charge in [-0.25, -0.2) is 8.42 Å². The van der Waals surface area contributed by atoms with Gasteiger partial charge in [0.2, 0.25) is 11.8 Å². The van der Waals surface area contributed by atoms with Gasteiger partial charge < -0.3 is 10.6 Å². The van der Waals surface area contributed by atoms with E-state index in [1.807, 2.05) is 13.0 Å². The number of halogens is 2. The van der Waals surface area contributed by atoms with Crippen molar-refractivity contribution in [2.24, 2.45) is 0 Å².